The van der Waals surface area contributed by atoms with E-state index < -0.39 is 18.0 Å². The fourth-order valence-electron chi connectivity index (χ4n) is 1.35. The smallest absolute Gasteiger partial charge is 0.340 e. The van der Waals surface area contributed by atoms with Crippen LogP contribution >= 0.6 is 0 Å². The Morgan fingerprint density at radius 3 is 2.50 bits per heavy atom. The molecule has 0 unspecified atom stereocenters. The van der Waals surface area contributed by atoms with Crippen molar-refractivity contribution in [2.75, 3.05) is 14.2 Å². The minimum atomic E-state index is -2.83. The van der Waals surface area contributed by atoms with Crippen molar-refractivity contribution in [2.45, 2.75) is 13.3 Å². The van der Waals surface area contributed by atoms with Gasteiger partial charge in [-0.3, -0.25) is 4.98 Å². The number of carbonyl (C=O) groups is 1. The standard InChI is InChI=1S/C10H11F2NO3/c1-5-7(10(14)16-3)8(9(11)12)6(15-2)4-13-5/h4,9H,1-3H3. The number of methoxy groups -OCH3 is 2. The molecular weight excluding hydrogens is 220 g/mol. The van der Waals surface area contributed by atoms with Gasteiger partial charge in [-0.2, -0.15) is 0 Å². The van der Waals surface area contributed by atoms with Crippen LogP contribution in [0.25, 0.3) is 0 Å². The maximum atomic E-state index is 12.8. The van der Waals surface area contributed by atoms with Crippen LogP contribution in [0.5, 0.6) is 5.75 Å². The Labute approximate surface area is 91.2 Å². The van der Waals surface area contributed by atoms with Crippen LogP contribution in [-0.4, -0.2) is 25.2 Å². The molecule has 0 bridgehead atoms. The van der Waals surface area contributed by atoms with Crippen LogP contribution in [0.3, 0.4) is 0 Å². The van der Waals surface area contributed by atoms with Crippen molar-refractivity contribution in [2.24, 2.45) is 0 Å². The first-order chi connectivity index (χ1) is 7.52. The van der Waals surface area contributed by atoms with Crippen molar-refractivity contribution in [3.05, 3.63) is 23.0 Å². The Balaban J connectivity index is 3.48. The van der Waals surface area contributed by atoms with Gasteiger partial charge in [0.1, 0.15) is 5.75 Å². The molecule has 0 saturated carbocycles. The summed E-state index contributed by atoms with van der Waals surface area (Å²) < 4.78 is 34.9. The van der Waals surface area contributed by atoms with Gasteiger partial charge in [0.25, 0.3) is 6.43 Å². The molecule has 4 nitrogen and oxygen atoms in total. The zero-order chi connectivity index (χ0) is 12.3. The van der Waals surface area contributed by atoms with E-state index in [-0.39, 0.29) is 17.0 Å². The maximum Gasteiger partial charge on any atom is 0.340 e. The van der Waals surface area contributed by atoms with Crippen molar-refractivity contribution < 1.29 is 23.0 Å². The summed E-state index contributed by atoms with van der Waals surface area (Å²) in [7, 11) is 2.36. The number of halogens is 2. The molecule has 0 radical (unpaired) electrons. The second-order valence-electron chi connectivity index (χ2n) is 2.99. The van der Waals surface area contributed by atoms with Gasteiger partial charge in [0.05, 0.1) is 37.2 Å². The molecule has 6 heteroatoms. The van der Waals surface area contributed by atoms with E-state index in [0.717, 1.165) is 13.3 Å². The summed E-state index contributed by atoms with van der Waals surface area (Å²) in [5.41, 5.74) is -0.540. The molecule has 1 heterocycles. The molecule has 16 heavy (non-hydrogen) atoms. The number of hydrogen-bond donors (Lipinski definition) is 0. The zero-order valence-electron chi connectivity index (χ0n) is 9.08. The molecule has 0 fully saturated rings. The summed E-state index contributed by atoms with van der Waals surface area (Å²) in [5, 5.41) is 0. The summed E-state index contributed by atoms with van der Waals surface area (Å²) in [6.45, 7) is 1.46. The molecule has 1 rings (SSSR count). The molecule has 0 amide bonds. The van der Waals surface area contributed by atoms with Crippen molar-refractivity contribution in [1.29, 1.82) is 0 Å². The Morgan fingerprint density at radius 2 is 2.06 bits per heavy atom. The van der Waals surface area contributed by atoms with Gasteiger partial charge >= 0.3 is 5.97 Å². The van der Waals surface area contributed by atoms with Crippen LogP contribution in [0.4, 0.5) is 8.78 Å². The monoisotopic (exact) mass is 231 g/mol. The first-order valence-electron chi connectivity index (χ1n) is 4.42. The highest BCUT2D eigenvalue weighted by atomic mass is 19.3. The number of hydrogen-bond acceptors (Lipinski definition) is 4. The topological polar surface area (TPSA) is 48.4 Å². The summed E-state index contributed by atoms with van der Waals surface area (Å²) in [5.74, 6) is -0.972. The number of esters is 1. The Bertz CT molecular complexity index is 407. The predicted molar refractivity (Wildman–Crippen MR) is 51.8 cm³/mol. The van der Waals surface area contributed by atoms with Crippen LogP contribution in [0, 0.1) is 6.92 Å². The zero-order valence-corrected chi connectivity index (χ0v) is 9.08. The van der Waals surface area contributed by atoms with Gasteiger partial charge in [0.15, 0.2) is 0 Å². The number of pyridine rings is 1. The lowest BCUT2D eigenvalue weighted by molar-refractivity contribution is 0.0586. The lowest BCUT2D eigenvalue weighted by Crippen LogP contribution is -2.11. The van der Waals surface area contributed by atoms with E-state index in [1.54, 1.807) is 0 Å². The van der Waals surface area contributed by atoms with Crippen LogP contribution in [0.15, 0.2) is 6.20 Å². The number of aromatic nitrogens is 1. The third-order valence-electron chi connectivity index (χ3n) is 2.10. The van der Waals surface area contributed by atoms with Gasteiger partial charge in [-0.15, -0.1) is 0 Å². The lowest BCUT2D eigenvalue weighted by Gasteiger charge is -2.13. The largest absolute Gasteiger partial charge is 0.495 e. The predicted octanol–water partition coefficient (Wildman–Crippen LogP) is 2.12. The van der Waals surface area contributed by atoms with Gasteiger partial charge in [-0.05, 0) is 6.92 Å². The first-order valence-corrected chi connectivity index (χ1v) is 4.42. The highest BCUT2D eigenvalue weighted by Crippen LogP contribution is 2.33. The fourth-order valence-corrected chi connectivity index (χ4v) is 1.35. The molecule has 88 valence electrons. The molecule has 0 aliphatic rings. The Morgan fingerprint density at radius 1 is 1.44 bits per heavy atom. The number of aryl methyl sites for hydroxylation is 1. The number of carbonyl (C=O) groups excluding carboxylic acids is 1. The second kappa shape index (κ2) is 4.87. The van der Waals surface area contributed by atoms with Crippen molar-refractivity contribution in [3.63, 3.8) is 0 Å². The molecule has 1 aromatic heterocycles. The van der Waals surface area contributed by atoms with Crippen LogP contribution in [0.1, 0.15) is 28.0 Å². The number of ether oxygens (including phenoxy) is 2. The van der Waals surface area contributed by atoms with Gasteiger partial charge in [0.2, 0.25) is 0 Å². The van der Waals surface area contributed by atoms with E-state index >= 15 is 0 Å². The van der Waals surface area contributed by atoms with E-state index in [2.05, 4.69) is 9.72 Å². The average Bonchev–Trinajstić information content (AvgIpc) is 2.27. The summed E-state index contributed by atoms with van der Waals surface area (Å²) in [4.78, 5) is 15.2. The van der Waals surface area contributed by atoms with Crippen LogP contribution < -0.4 is 4.74 Å². The molecule has 0 saturated heterocycles. The third-order valence-corrected chi connectivity index (χ3v) is 2.10. The first kappa shape index (κ1) is 12.4. The quantitative estimate of drug-likeness (QED) is 0.747. The van der Waals surface area contributed by atoms with E-state index in [1.807, 2.05) is 0 Å². The fraction of sp³-hybridized carbons (Fsp3) is 0.400. The van der Waals surface area contributed by atoms with E-state index in [4.69, 9.17) is 4.74 Å². The SMILES string of the molecule is COC(=O)c1c(C)ncc(OC)c1C(F)F. The molecule has 0 atom stereocenters. The summed E-state index contributed by atoms with van der Waals surface area (Å²) >= 11 is 0. The van der Waals surface area contributed by atoms with Crippen molar-refractivity contribution in [1.82, 2.24) is 4.98 Å². The van der Waals surface area contributed by atoms with E-state index in [0.29, 0.717) is 0 Å². The summed E-state index contributed by atoms with van der Waals surface area (Å²) in [6.07, 6.45) is -1.67. The van der Waals surface area contributed by atoms with E-state index in [9.17, 15) is 13.6 Å². The minimum Gasteiger partial charge on any atom is -0.495 e. The molecule has 0 aromatic carbocycles. The number of alkyl halides is 2. The molecular formula is C10H11F2NO3. The van der Waals surface area contributed by atoms with Gasteiger partial charge in [-0.1, -0.05) is 0 Å². The molecule has 0 aliphatic heterocycles. The minimum absolute atomic E-state index is 0.124. The van der Waals surface area contributed by atoms with Crippen LogP contribution in [-0.2, 0) is 4.74 Å². The average molecular weight is 231 g/mol. The van der Waals surface area contributed by atoms with Crippen molar-refractivity contribution in [3.8, 4) is 5.75 Å². The summed E-state index contributed by atoms with van der Waals surface area (Å²) in [6, 6.07) is 0. The molecule has 0 N–H and O–H groups in total. The lowest BCUT2D eigenvalue weighted by atomic mass is 10.1. The Kier molecular flexibility index (Phi) is 3.76. The molecule has 0 aliphatic carbocycles. The van der Waals surface area contributed by atoms with E-state index in [1.165, 1.54) is 14.0 Å². The third kappa shape index (κ3) is 2.10. The van der Waals surface area contributed by atoms with Gasteiger partial charge in [-0.25, -0.2) is 13.6 Å². The maximum absolute atomic E-state index is 12.8. The molecule has 0 spiro atoms. The van der Waals surface area contributed by atoms with Gasteiger partial charge < -0.3 is 9.47 Å². The normalized spacial score (nSPS) is 10.4. The Hall–Kier alpha value is -1.72. The van der Waals surface area contributed by atoms with Crippen molar-refractivity contribution >= 4 is 5.97 Å². The highest BCUT2D eigenvalue weighted by molar-refractivity contribution is 5.93. The molecule has 1 aromatic rings. The second-order valence-corrected chi connectivity index (χ2v) is 2.99. The highest BCUT2D eigenvalue weighted by Gasteiger charge is 2.26. The van der Waals surface area contributed by atoms with Crippen LogP contribution in [0.2, 0.25) is 0 Å². The number of nitrogens with zero attached hydrogens (tertiary/aromatic N) is 1. The van der Waals surface area contributed by atoms with Gasteiger partial charge in [0, 0.05) is 0 Å². The number of rotatable bonds is 3.